The second-order valence-electron chi connectivity index (χ2n) is 8.96. The standard InChI is InChI=1S/C31H26BrN3O4S/c1-4-16-39-25-15-12-22(32)17-21(25)18-26-30(37)35-28(20-10-13-24(38-3)14-11-20)27(19(2)33-31(35)40-26)29(36)34-23-8-6-5-7-9-23/h4-15,17-18,28H,1,16H2,2-3H3,(H,34,36)/b26-18+/t28-/m1/s1. The van der Waals surface area contributed by atoms with Crippen LogP contribution >= 0.6 is 27.3 Å². The molecular weight excluding hydrogens is 590 g/mol. The largest absolute Gasteiger partial charge is 0.497 e. The summed E-state index contributed by atoms with van der Waals surface area (Å²) in [6.45, 7) is 5.84. The van der Waals surface area contributed by atoms with E-state index in [1.165, 1.54) is 11.3 Å². The van der Waals surface area contributed by atoms with Crippen molar-refractivity contribution in [3.05, 3.63) is 132 Å². The average molecular weight is 617 g/mol. The lowest BCUT2D eigenvalue weighted by Gasteiger charge is -2.25. The molecule has 1 atom stereocenters. The van der Waals surface area contributed by atoms with Crippen LogP contribution in [-0.2, 0) is 4.79 Å². The molecule has 0 saturated heterocycles. The monoisotopic (exact) mass is 615 g/mol. The molecule has 0 unspecified atom stereocenters. The molecule has 0 radical (unpaired) electrons. The first-order chi connectivity index (χ1) is 19.4. The maximum Gasteiger partial charge on any atom is 0.271 e. The Bertz CT molecular complexity index is 1790. The number of ether oxygens (including phenoxy) is 2. The quantitative estimate of drug-likeness (QED) is 0.276. The van der Waals surface area contributed by atoms with E-state index in [1.54, 1.807) is 30.8 Å². The summed E-state index contributed by atoms with van der Waals surface area (Å²) in [4.78, 5) is 32.9. The molecule has 2 heterocycles. The zero-order chi connectivity index (χ0) is 28.2. The lowest BCUT2D eigenvalue weighted by atomic mass is 9.95. The van der Waals surface area contributed by atoms with Crippen molar-refractivity contribution in [2.24, 2.45) is 4.99 Å². The molecule has 0 spiro atoms. The Morgan fingerprint density at radius 3 is 2.60 bits per heavy atom. The second-order valence-corrected chi connectivity index (χ2v) is 10.9. The first kappa shape index (κ1) is 27.4. The normalized spacial score (nSPS) is 14.8. The highest BCUT2D eigenvalue weighted by molar-refractivity contribution is 9.10. The van der Waals surface area contributed by atoms with Gasteiger partial charge in [0.2, 0.25) is 0 Å². The van der Waals surface area contributed by atoms with E-state index in [0.29, 0.717) is 44.4 Å². The van der Waals surface area contributed by atoms with E-state index in [2.05, 4.69) is 27.8 Å². The van der Waals surface area contributed by atoms with E-state index in [9.17, 15) is 9.59 Å². The Hall–Kier alpha value is -4.21. The first-order valence-electron chi connectivity index (χ1n) is 12.5. The van der Waals surface area contributed by atoms with Gasteiger partial charge in [-0.25, -0.2) is 4.99 Å². The van der Waals surface area contributed by atoms with Gasteiger partial charge in [0.15, 0.2) is 4.80 Å². The summed E-state index contributed by atoms with van der Waals surface area (Å²) in [6.07, 6.45) is 3.46. The maximum absolute atomic E-state index is 14.0. The number of amides is 1. The molecule has 1 N–H and O–H groups in total. The van der Waals surface area contributed by atoms with E-state index in [4.69, 9.17) is 14.5 Å². The van der Waals surface area contributed by atoms with Gasteiger partial charge < -0.3 is 14.8 Å². The Balaban J connectivity index is 1.67. The van der Waals surface area contributed by atoms with Gasteiger partial charge in [0.05, 0.1) is 29.0 Å². The van der Waals surface area contributed by atoms with Gasteiger partial charge >= 0.3 is 0 Å². The highest BCUT2D eigenvalue weighted by Crippen LogP contribution is 2.32. The molecule has 202 valence electrons. The fourth-order valence-electron chi connectivity index (χ4n) is 4.49. The molecule has 7 nitrogen and oxygen atoms in total. The van der Waals surface area contributed by atoms with Gasteiger partial charge in [-0.2, -0.15) is 0 Å². The number of nitrogens with one attached hydrogen (secondary N) is 1. The van der Waals surface area contributed by atoms with Gasteiger partial charge in [-0.3, -0.25) is 14.2 Å². The zero-order valence-corrected chi connectivity index (χ0v) is 24.3. The van der Waals surface area contributed by atoms with Crippen molar-refractivity contribution in [1.82, 2.24) is 4.57 Å². The van der Waals surface area contributed by atoms with Crippen molar-refractivity contribution >= 4 is 44.9 Å². The Morgan fingerprint density at radius 2 is 1.90 bits per heavy atom. The predicted molar refractivity (Wildman–Crippen MR) is 162 cm³/mol. The van der Waals surface area contributed by atoms with Crippen molar-refractivity contribution in [2.45, 2.75) is 13.0 Å². The van der Waals surface area contributed by atoms with Crippen LogP contribution < -0.4 is 29.7 Å². The van der Waals surface area contributed by atoms with Gasteiger partial charge in [0.1, 0.15) is 18.1 Å². The highest BCUT2D eigenvalue weighted by Gasteiger charge is 2.32. The van der Waals surface area contributed by atoms with Gasteiger partial charge in [-0.15, -0.1) is 0 Å². The number of hydrogen-bond acceptors (Lipinski definition) is 6. The molecule has 1 amide bonds. The SMILES string of the molecule is C=CCOc1ccc(Br)cc1/C=c1/sc2n(c1=O)[C@H](c1ccc(OC)cc1)C(C(=O)Nc1ccccc1)=C(C)N=2. The number of methoxy groups -OCH3 is 1. The van der Waals surface area contributed by atoms with Gasteiger partial charge in [-0.1, -0.05) is 70.3 Å². The lowest BCUT2D eigenvalue weighted by molar-refractivity contribution is -0.113. The third-order valence-electron chi connectivity index (χ3n) is 6.34. The number of nitrogens with zero attached hydrogens (tertiary/aromatic N) is 2. The molecule has 4 aromatic rings. The molecule has 1 aliphatic heterocycles. The summed E-state index contributed by atoms with van der Waals surface area (Å²) < 4.78 is 14.1. The summed E-state index contributed by atoms with van der Waals surface area (Å²) in [5, 5.41) is 2.96. The summed E-state index contributed by atoms with van der Waals surface area (Å²) in [6, 6.07) is 21.5. The van der Waals surface area contributed by atoms with E-state index < -0.39 is 6.04 Å². The molecule has 40 heavy (non-hydrogen) atoms. The third-order valence-corrected chi connectivity index (χ3v) is 7.82. The second kappa shape index (κ2) is 11.9. The molecule has 3 aromatic carbocycles. The predicted octanol–water partition coefficient (Wildman–Crippen LogP) is 5.21. The van der Waals surface area contributed by atoms with E-state index in [-0.39, 0.29) is 11.5 Å². The van der Waals surface area contributed by atoms with Crippen LogP contribution in [0.3, 0.4) is 0 Å². The molecule has 1 aromatic heterocycles. The Kier molecular flexibility index (Phi) is 8.14. The molecule has 0 saturated carbocycles. The number of allylic oxidation sites excluding steroid dienone is 1. The first-order valence-corrected chi connectivity index (χ1v) is 14.1. The van der Waals surface area contributed by atoms with Crippen LogP contribution in [0.5, 0.6) is 11.5 Å². The van der Waals surface area contributed by atoms with Gasteiger partial charge in [-0.05, 0) is 61.0 Å². The molecule has 0 fully saturated rings. The maximum atomic E-state index is 14.0. The number of hydrogen-bond donors (Lipinski definition) is 1. The number of carbonyl (C=O) groups excluding carboxylic acids is 1. The number of fused-ring (bicyclic) bond motifs is 1. The van der Waals surface area contributed by atoms with Crippen molar-refractivity contribution in [1.29, 1.82) is 0 Å². The number of aromatic nitrogens is 1. The molecule has 9 heteroatoms. The van der Waals surface area contributed by atoms with E-state index in [0.717, 1.165) is 15.6 Å². The molecule has 0 aliphatic carbocycles. The molecule has 0 bridgehead atoms. The van der Waals surface area contributed by atoms with Crippen LogP contribution in [0.15, 0.2) is 111 Å². The van der Waals surface area contributed by atoms with Crippen molar-refractivity contribution < 1.29 is 14.3 Å². The fourth-order valence-corrected chi connectivity index (χ4v) is 5.90. The summed E-state index contributed by atoms with van der Waals surface area (Å²) in [7, 11) is 1.59. The minimum atomic E-state index is -0.688. The van der Waals surface area contributed by atoms with Gasteiger partial charge in [0, 0.05) is 15.7 Å². The van der Waals surface area contributed by atoms with Crippen LogP contribution in [0.4, 0.5) is 5.69 Å². The number of carbonyl (C=O) groups is 1. The van der Waals surface area contributed by atoms with Crippen molar-refractivity contribution in [2.75, 3.05) is 19.0 Å². The van der Waals surface area contributed by atoms with E-state index >= 15 is 0 Å². The number of anilines is 1. The van der Waals surface area contributed by atoms with Gasteiger partial charge in [0.25, 0.3) is 11.5 Å². The fraction of sp³-hybridized carbons (Fsp3) is 0.129. The Morgan fingerprint density at radius 1 is 1.15 bits per heavy atom. The number of rotatable bonds is 8. The lowest BCUT2D eigenvalue weighted by Crippen LogP contribution is -2.40. The summed E-state index contributed by atoms with van der Waals surface area (Å²) >= 11 is 4.78. The van der Waals surface area contributed by atoms with Crippen LogP contribution in [0.2, 0.25) is 0 Å². The molecule has 1 aliphatic rings. The Labute approximate surface area is 243 Å². The topological polar surface area (TPSA) is 81.9 Å². The van der Waals surface area contributed by atoms with Crippen LogP contribution in [0.1, 0.15) is 24.1 Å². The van der Waals surface area contributed by atoms with Crippen LogP contribution in [0, 0.1) is 0 Å². The summed E-state index contributed by atoms with van der Waals surface area (Å²) in [5.41, 5.74) is 2.83. The third kappa shape index (κ3) is 5.57. The van der Waals surface area contributed by atoms with Crippen LogP contribution in [-0.4, -0.2) is 24.2 Å². The average Bonchev–Trinajstić information content (AvgIpc) is 3.26. The number of para-hydroxylation sites is 1. The highest BCUT2D eigenvalue weighted by atomic mass is 79.9. The van der Waals surface area contributed by atoms with Crippen molar-refractivity contribution in [3.8, 4) is 11.5 Å². The zero-order valence-electron chi connectivity index (χ0n) is 21.9. The number of halogens is 1. The summed E-state index contributed by atoms with van der Waals surface area (Å²) in [5.74, 6) is 0.975. The minimum absolute atomic E-state index is 0.253. The smallest absolute Gasteiger partial charge is 0.271 e. The number of thiazole rings is 1. The number of benzene rings is 3. The minimum Gasteiger partial charge on any atom is -0.497 e. The van der Waals surface area contributed by atoms with Crippen molar-refractivity contribution in [3.63, 3.8) is 0 Å². The molecule has 5 rings (SSSR count). The van der Waals surface area contributed by atoms with E-state index in [1.807, 2.05) is 72.8 Å². The van der Waals surface area contributed by atoms with Crippen LogP contribution in [0.25, 0.3) is 6.08 Å². The molecular formula is C31H26BrN3O4S.